The predicted molar refractivity (Wildman–Crippen MR) is 82.3 cm³/mol. The molecule has 1 heterocycles. The summed E-state index contributed by atoms with van der Waals surface area (Å²) in [6.45, 7) is 3.27. The van der Waals surface area contributed by atoms with Crippen molar-refractivity contribution in [1.29, 1.82) is 5.26 Å². The Morgan fingerprint density at radius 3 is 2.00 bits per heavy atom. The molecule has 0 bridgehead atoms. The quantitative estimate of drug-likeness (QED) is 0.888. The second-order valence-electron chi connectivity index (χ2n) is 5.30. The highest BCUT2D eigenvalue weighted by Gasteiger charge is 2.39. The molecule has 1 aromatic rings. The Morgan fingerprint density at radius 1 is 1.09 bits per heavy atom. The van der Waals surface area contributed by atoms with Crippen molar-refractivity contribution in [1.82, 2.24) is 4.90 Å². The molecule has 1 aromatic carbocycles. The van der Waals surface area contributed by atoms with Gasteiger partial charge in [0.15, 0.2) is 0 Å². The molecule has 6 heteroatoms. The van der Waals surface area contributed by atoms with E-state index in [0.29, 0.717) is 17.0 Å². The van der Waals surface area contributed by atoms with E-state index in [0.717, 1.165) is 0 Å². The maximum atomic E-state index is 11.8. The molecule has 0 amide bonds. The summed E-state index contributed by atoms with van der Waals surface area (Å²) in [5, 5.41) is 28.5. The van der Waals surface area contributed by atoms with Crippen LogP contribution in [0, 0.1) is 11.3 Å². The maximum absolute atomic E-state index is 11.8. The third kappa shape index (κ3) is 2.57. The second-order valence-corrected chi connectivity index (χ2v) is 5.30. The van der Waals surface area contributed by atoms with Gasteiger partial charge in [-0.1, -0.05) is 18.2 Å². The summed E-state index contributed by atoms with van der Waals surface area (Å²) in [6, 6.07) is 8.48. The van der Waals surface area contributed by atoms with E-state index in [1.165, 1.54) is 0 Å². The smallest absolute Gasteiger partial charge is 0.334 e. The van der Waals surface area contributed by atoms with Crippen molar-refractivity contribution in [2.75, 3.05) is 7.05 Å². The summed E-state index contributed by atoms with van der Waals surface area (Å²) in [5.74, 6) is -3.38. The third-order valence-corrected chi connectivity index (χ3v) is 4.22. The monoisotopic (exact) mass is 312 g/mol. The largest absolute Gasteiger partial charge is 0.478 e. The van der Waals surface area contributed by atoms with Crippen LogP contribution in [0.3, 0.4) is 0 Å². The lowest BCUT2D eigenvalue weighted by atomic mass is 9.78. The Morgan fingerprint density at radius 2 is 1.57 bits per heavy atom. The van der Waals surface area contributed by atoms with Gasteiger partial charge in [0.05, 0.1) is 28.7 Å². The SMILES string of the molecule is CC1=C(C(=O)O)C(c2ccccc2C#N)C(C(=O)O)=C(C)N1C. The van der Waals surface area contributed by atoms with Crippen LogP contribution in [0.15, 0.2) is 46.8 Å². The van der Waals surface area contributed by atoms with Crippen LogP contribution in [0.5, 0.6) is 0 Å². The highest BCUT2D eigenvalue weighted by Crippen LogP contribution is 2.42. The van der Waals surface area contributed by atoms with Crippen LogP contribution in [0.1, 0.15) is 30.9 Å². The minimum Gasteiger partial charge on any atom is -0.478 e. The molecule has 2 N–H and O–H groups in total. The average Bonchev–Trinajstić information content (AvgIpc) is 2.51. The molecule has 118 valence electrons. The maximum Gasteiger partial charge on any atom is 0.334 e. The van der Waals surface area contributed by atoms with Crippen LogP contribution in [-0.4, -0.2) is 34.1 Å². The molecule has 0 atom stereocenters. The minimum absolute atomic E-state index is 0.0294. The van der Waals surface area contributed by atoms with E-state index in [-0.39, 0.29) is 16.7 Å². The number of benzene rings is 1. The first-order chi connectivity index (χ1) is 10.8. The van der Waals surface area contributed by atoms with E-state index >= 15 is 0 Å². The zero-order valence-electron chi connectivity index (χ0n) is 13.0. The van der Waals surface area contributed by atoms with Crippen LogP contribution in [0.25, 0.3) is 0 Å². The number of nitrogens with zero attached hydrogens (tertiary/aromatic N) is 2. The van der Waals surface area contributed by atoms with Crippen molar-refractivity contribution < 1.29 is 19.8 Å². The lowest BCUT2D eigenvalue weighted by Crippen LogP contribution is -2.32. The zero-order valence-corrected chi connectivity index (χ0v) is 13.0. The molecule has 2 rings (SSSR count). The molecule has 0 aromatic heterocycles. The number of hydrogen-bond donors (Lipinski definition) is 2. The van der Waals surface area contributed by atoms with E-state index in [1.54, 1.807) is 50.1 Å². The van der Waals surface area contributed by atoms with Gasteiger partial charge in [0, 0.05) is 18.4 Å². The molecule has 0 spiro atoms. The molecule has 0 saturated heterocycles. The Labute approximate surface area is 133 Å². The number of carboxylic acids is 2. The summed E-state index contributed by atoms with van der Waals surface area (Å²) < 4.78 is 0. The Kier molecular flexibility index (Phi) is 4.23. The summed E-state index contributed by atoms with van der Waals surface area (Å²) in [6.07, 6.45) is 0. The van der Waals surface area contributed by atoms with Gasteiger partial charge in [0.1, 0.15) is 0 Å². The van der Waals surface area contributed by atoms with Crippen LogP contribution in [0.4, 0.5) is 0 Å². The van der Waals surface area contributed by atoms with E-state index in [1.807, 2.05) is 6.07 Å². The molecule has 0 aliphatic carbocycles. The Hall–Kier alpha value is -3.07. The number of carboxylic acid groups (broad SMARTS) is 2. The van der Waals surface area contributed by atoms with Crippen molar-refractivity contribution in [3.63, 3.8) is 0 Å². The lowest BCUT2D eigenvalue weighted by molar-refractivity contribution is -0.133. The fraction of sp³-hybridized carbons (Fsp3) is 0.235. The van der Waals surface area contributed by atoms with Crippen molar-refractivity contribution in [3.05, 3.63) is 57.9 Å². The van der Waals surface area contributed by atoms with Crippen molar-refractivity contribution in [2.24, 2.45) is 0 Å². The van der Waals surface area contributed by atoms with Gasteiger partial charge < -0.3 is 15.1 Å². The Balaban J connectivity index is 2.85. The number of allylic oxidation sites excluding steroid dienone is 2. The van der Waals surface area contributed by atoms with Gasteiger partial charge in [0.2, 0.25) is 0 Å². The topological polar surface area (TPSA) is 102 Å². The van der Waals surface area contributed by atoms with E-state index in [4.69, 9.17) is 0 Å². The fourth-order valence-electron chi connectivity index (χ4n) is 2.89. The number of aliphatic carboxylic acids is 2. The minimum atomic E-state index is -1.20. The number of rotatable bonds is 3. The average molecular weight is 312 g/mol. The van der Waals surface area contributed by atoms with Crippen molar-refractivity contribution in [3.8, 4) is 6.07 Å². The molecule has 1 aliphatic heterocycles. The van der Waals surface area contributed by atoms with Crippen LogP contribution in [0.2, 0.25) is 0 Å². The first-order valence-electron chi connectivity index (χ1n) is 6.92. The van der Waals surface area contributed by atoms with Crippen LogP contribution < -0.4 is 0 Å². The molecule has 23 heavy (non-hydrogen) atoms. The second kappa shape index (κ2) is 5.97. The van der Waals surface area contributed by atoms with Gasteiger partial charge in [-0.05, 0) is 25.5 Å². The molecule has 0 radical (unpaired) electrons. The van der Waals surface area contributed by atoms with Gasteiger partial charge >= 0.3 is 11.9 Å². The zero-order chi connectivity index (χ0) is 17.3. The van der Waals surface area contributed by atoms with Gasteiger partial charge in [-0.15, -0.1) is 0 Å². The molecule has 0 saturated carbocycles. The van der Waals surface area contributed by atoms with Crippen LogP contribution in [-0.2, 0) is 9.59 Å². The van der Waals surface area contributed by atoms with Gasteiger partial charge in [-0.2, -0.15) is 5.26 Å². The third-order valence-electron chi connectivity index (χ3n) is 4.22. The van der Waals surface area contributed by atoms with Crippen LogP contribution >= 0.6 is 0 Å². The van der Waals surface area contributed by atoms with Gasteiger partial charge in [-0.3, -0.25) is 0 Å². The highest BCUT2D eigenvalue weighted by atomic mass is 16.4. The summed E-state index contributed by atoms with van der Waals surface area (Å²) in [7, 11) is 1.63. The fourth-order valence-corrected chi connectivity index (χ4v) is 2.89. The Bertz CT molecular complexity index is 761. The molecular formula is C17H16N2O4. The molecule has 6 nitrogen and oxygen atoms in total. The highest BCUT2D eigenvalue weighted by molar-refractivity contribution is 5.98. The molecular weight excluding hydrogens is 296 g/mol. The summed E-state index contributed by atoms with van der Waals surface area (Å²) in [5.41, 5.74) is 1.50. The summed E-state index contributed by atoms with van der Waals surface area (Å²) >= 11 is 0. The normalized spacial score (nSPS) is 15.7. The molecule has 1 aliphatic rings. The van der Waals surface area contributed by atoms with Crippen molar-refractivity contribution in [2.45, 2.75) is 19.8 Å². The first kappa shape index (κ1) is 16.3. The van der Waals surface area contributed by atoms with Gasteiger partial charge in [-0.25, -0.2) is 9.59 Å². The standard InChI is InChI=1S/C17H16N2O4/c1-9-13(16(20)21)15(12-7-5-4-6-11(12)8-18)14(17(22)23)10(2)19(9)3/h4-7,15H,1-3H3,(H,20,21)(H,22,23). The predicted octanol–water partition coefficient (Wildman–Crippen LogP) is 2.30. The number of hydrogen-bond acceptors (Lipinski definition) is 4. The molecule has 0 fully saturated rings. The summed E-state index contributed by atoms with van der Waals surface area (Å²) in [4.78, 5) is 25.1. The van der Waals surface area contributed by atoms with Crippen molar-refractivity contribution >= 4 is 11.9 Å². The van der Waals surface area contributed by atoms with Gasteiger partial charge in [0.25, 0.3) is 0 Å². The first-order valence-corrected chi connectivity index (χ1v) is 6.92. The number of nitriles is 1. The lowest BCUT2D eigenvalue weighted by Gasteiger charge is -2.34. The molecule has 0 unspecified atom stereocenters. The van der Waals surface area contributed by atoms with E-state index < -0.39 is 17.9 Å². The van der Waals surface area contributed by atoms with E-state index in [2.05, 4.69) is 0 Å². The van der Waals surface area contributed by atoms with E-state index in [9.17, 15) is 25.1 Å². The number of carbonyl (C=O) groups is 2.